The van der Waals surface area contributed by atoms with Crippen molar-refractivity contribution in [1.82, 2.24) is 0 Å². The zero-order chi connectivity index (χ0) is 36.7. The highest BCUT2D eigenvalue weighted by molar-refractivity contribution is 7.26. The Kier molecular flexibility index (Phi) is 7.14. The van der Waals surface area contributed by atoms with Gasteiger partial charge in [0, 0.05) is 47.8 Å². The summed E-state index contributed by atoms with van der Waals surface area (Å²) < 4.78 is 2.68. The first-order valence-electron chi connectivity index (χ1n) is 19.1. The number of nitrogens with zero attached hydrogens (tertiary/aromatic N) is 1. The summed E-state index contributed by atoms with van der Waals surface area (Å²) in [4.78, 5) is 2.50. The van der Waals surface area contributed by atoms with Gasteiger partial charge in [0.1, 0.15) is 0 Å². The van der Waals surface area contributed by atoms with E-state index in [4.69, 9.17) is 0 Å². The van der Waals surface area contributed by atoms with Crippen LogP contribution in [0, 0.1) is 0 Å². The molecule has 0 saturated heterocycles. The summed E-state index contributed by atoms with van der Waals surface area (Å²) in [7, 11) is 0. The van der Waals surface area contributed by atoms with E-state index in [1.165, 1.54) is 91.9 Å². The van der Waals surface area contributed by atoms with E-state index in [0.717, 1.165) is 11.4 Å². The van der Waals surface area contributed by atoms with Crippen LogP contribution >= 0.6 is 11.3 Å². The molecule has 1 aromatic heterocycles. The second kappa shape index (κ2) is 12.3. The molecule has 260 valence electrons. The van der Waals surface area contributed by atoms with E-state index < -0.39 is 0 Å². The van der Waals surface area contributed by atoms with E-state index in [9.17, 15) is 0 Å². The molecular weight excluding hydrogens is 683 g/mol. The van der Waals surface area contributed by atoms with Crippen molar-refractivity contribution in [2.24, 2.45) is 0 Å². The van der Waals surface area contributed by atoms with Gasteiger partial charge in [-0.2, -0.15) is 0 Å². The second-order valence-corrected chi connectivity index (χ2v) is 16.3. The number of anilines is 3. The maximum atomic E-state index is 2.50. The fourth-order valence-electron chi connectivity index (χ4n) is 9.18. The first kappa shape index (κ1) is 32.0. The number of hydrogen-bond donors (Lipinski definition) is 0. The Balaban J connectivity index is 1.13. The first-order valence-corrected chi connectivity index (χ1v) is 19.9. The molecule has 0 atom stereocenters. The van der Waals surface area contributed by atoms with Gasteiger partial charge in [0.25, 0.3) is 0 Å². The molecule has 1 nitrogen and oxygen atoms in total. The summed E-state index contributed by atoms with van der Waals surface area (Å²) in [5.74, 6) is 0. The molecule has 11 rings (SSSR count). The average molecular weight is 720 g/mol. The minimum Gasteiger partial charge on any atom is -0.309 e. The minimum absolute atomic E-state index is 0.110. The van der Waals surface area contributed by atoms with Gasteiger partial charge >= 0.3 is 0 Å². The Hall–Kier alpha value is -6.48. The van der Waals surface area contributed by atoms with Crippen molar-refractivity contribution in [2.75, 3.05) is 4.90 Å². The maximum Gasteiger partial charge on any atom is 0.0543 e. The summed E-state index contributed by atoms with van der Waals surface area (Å²) >= 11 is 1.90. The third-order valence-corrected chi connectivity index (χ3v) is 13.1. The van der Waals surface area contributed by atoms with Gasteiger partial charge in [-0.05, 0) is 85.9 Å². The lowest BCUT2D eigenvalue weighted by atomic mass is 9.82. The third kappa shape index (κ3) is 4.92. The number of thiophene rings is 1. The zero-order valence-electron chi connectivity index (χ0n) is 30.8. The smallest absolute Gasteiger partial charge is 0.0543 e. The van der Waals surface area contributed by atoms with Crippen LogP contribution in [-0.2, 0) is 5.41 Å². The molecule has 1 aliphatic carbocycles. The van der Waals surface area contributed by atoms with Crippen LogP contribution in [0.1, 0.15) is 25.0 Å². The quantitative estimate of drug-likeness (QED) is 0.171. The standard InChI is InChI=1S/C53H37NS/c1-53(2)45-20-8-5-18-44(45)51-46(53)21-12-23-48(51)54(47-22-9-6-16-40(47)38-26-25-34-13-3-4-14-37(34)33-38)39-30-27-35(28-31-39)41-19-11-15-36-29-32-43-42-17-7-10-24-49(42)55-52(43)50(36)41/h3-33H,1-2H3. The van der Waals surface area contributed by atoms with Crippen molar-refractivity contribution >= 4 is 70.1 Å². The monoisotopic (exact) mass is 719 g/mol. The van der Waals surface area contributed by atoms with Gasteiger partial charge in [-0.1, -0.05) is 166 Å². The van der Waals surface area contributed by atoms with Crippen LogP contribution in [0.5, 0.6) is 0 Å². The molecule has 1 heterocycles. The molecular formula is C53H37NS. The number of hydrogen-bond acceptors (Lipinski definition) is 2. The maximum absolute atomic E-state index is 2.50. The fourth-order valence-corrected chi connectivity index (χ4v) is 10.5. The van der Waals surface area contributed by atoms with E-state index in [1.807, 2.05) is 11.3 Å². The molecule has 0 saturated carbocycles. The van der Waals surface area contributed by atoms with Crippen LogP contribution in [0.4, 0.5) is 17.1 Å². The lowest BCUT2D eigenvalue weighted by molar-refractivity contribution is 0.660. The lowest BCUT2D eigenvalue weighted by Crippen LogP contribution is -2.16. The van der Waals surface area contributed by atoms with Gasteiger partial charge in [0.2, 0.25) is 0 Å². The number of benzene rings is 9. The SMILES string of the molecule is CC1(C)c2ccccc2-c2c(N(c3ccc(-c4cccc5ccc6c7ccccc7sc6c45)cc3)c3ccccc3-c3ccc4ccccc4c3)cccc21. The number of para-hydroxylation sites is 1. The highest BCUT2D eigenvalue weighted by Crippen LogP contribution is 2.55. The fraction of sp³-hybridized carbons (Fsp3) is 0.0566. The van der Waals surface area contributed by atoms with E-state index in [0.29, 0.717) is 0 Å². The highest BCUT2D eigenvalue weighted by Gasteiger charge is 2.38. The van der Waals surface area contributed by atoms with E-state index >= 15 is 0 Å². The van der Waals surface area contributed by atoms with Crippen molar-refractivity contribution in [3.05, 3.63) is 199 Å². The zero-order valence-corrected chi connectivity index (χ0v) is 31.6. The molecule has 0 amide bonds. The summed E-state index contributed by atoms with van der Waals surface area (Å²) in [6.45, 7) is 4.72. The van der Waals surface area contributed by atoms with Gasteiger partial charge in [-0.25, -0.2) is 0 Å². The number of rotatable bonds is 5. The number of fused-ring (bicyclic) bond motifs is 9. The largest absolute Gasteiger partial charge is 0.309 e. The topological polar surface area (TPSA) is 3.24 Å². The van der Waals surface area contributed by atoms with E-state index in [2.05, 4.69) is 207 Å². The van der Waals surface area contributed by atoms with Crippen LogP contribution < -0.4 is 4.90 Å². The van der Waals surface area contributed by atoms with Gasteiger partial charge in [0.05, 0.1) is 11.4 Å². The van der Waals surface area contributed by atoms with Gasteiger partial charge in [-0.3, -0.25) is 0 Å². The predicted molar refractivity (Wildman–Crippen MR) is 237 cm³/mol. The lowest BCUT2D eigenvalue weighted by Gasteiger charge is -2.30. The predicted octanol–water partition coefficient (Wildman–Crippen LogP) is 15.5. The minimum atomic E-state index is -0.110. The second-order valence-electron chi connectivity index (χ2n) is 15.3. The van der Waals surface area contributed by atoms with Gasteiger partial charge < -0.3 is 4.90 Å². The van der Waals surface area contributed by atoms with Crippen molar-refractivity contribution in [3.63, 3.8) is 0 Å². The summed E-state index contributed by atoms with van der Waals surface area (Å²) in [5, 5.41) is 7.74. The van der Waals surface area contributed by atoms with E-state index in [1.54, 1.807) is 0 Å². The molecule has 55 heavy (non-hydrogen) atoms. The molecule has 0 radical (unpaired) electrons. The molecule has 10 aromatic rings. The summed E-state index contributed by atoms with van der Waals surface area (Å²) in [5.41, 5.74) is 13.6. The molecule has 0 fully saturated rings. The molecule has 0 N–H and O–H groups in total. The molecule has 0 bridgehead atoms. The highest BCUT2D eigenvalue weighted by atomic mass is 32.1. The van der Waals surface area contributed by atoms with Crippen molar-refractivity contribution in [1.29, 1.82) is 0 Å². The van der Waals surface area contributed by atoms with Crippen molar-refractivity contribution < 1.29 is 0 Å². The summed E-state index contributed by atoms with van der Waals surface area (Å²) in [6.07, 6.45) is 0. The van der Waals surface area contributed by atoms with Crippen LogP contribution in [0.2, 0.25) is 0 Å². The normalized spacial score (nSPS) is 13.1. The average Bonchev–Trinajstić information content (AvgIpc) is 3.73. The first-order chi connectivity index (χ1) is 27.0. The van der Waals surface area contributed by atoms with Gasteiger partial charge in [-0.15, -0.1) is 11.3 Å². The summed E-state index contributed by atoms with van der Waals surface area (Å²) in [6, 6.07) is 69.6. The van der Waals surface area contributed by atoms with Crippen LogP contribution in [0.25, 0.3) is 75.1 Å². The molecule has 1 aliphatic rings. The van der Waals surface area contributed by atoms with Gasteiger partial charge in [0.15, 0.2) is 0 Å². The molecule has 9 aromatic carbocycles. The third-order valence-electron chi connectivity index (χ3n) is 11.9. The van der Waals surface area contributed by atoms with Crippen molar-refractivity contribution in [3.8, 4) is 33.4 Å². The Morgan fingerprint density at radius 3 is 1.96 bits per heavy atom. The van der Waals surface area contributed by atoms with Crippen LogP contribution in [-0.4, -0.2) is 0 Å². The van der Waals surface area contributed by atoms with Crippen LogP contribution in [0.15, 0.2) is 188 Å². The Labute approximate surface area is 325 Å². The Bertz CT molecular complexity index is 3130. The molecule has 2 heteroatoms. The van der Waals surface area contributed by atoms with Crippen LogP contribution in [0.3, 0.4) is 0 Å². The molecule has 0 unspecified atom stereocenters. The molecule has 0 spiro atoms. The Morgan fingerprint density at radius 1 is 0.436 bits per heavy atom. The van der Waals surface area contributed by atoms with E-state index in [-0.39, 0.29) is 5.41 Å². The molecule has 0 aliphatic heterocycles. The van der Waals surface area contributed by atoms with Crippen molar-refractivity contribution in [2.45, 2.75) is 19.3 Å². The Morgan fingerprint density at radius 2 is 1.07 bits per heavy atom.